The van der Waals surface area contributed by atoms with Crippen molar-refractivity contribution in [3.8, 4) is 0 Å². The quantitative estimate of drug-likeness (QED) is 0.760. The van der Waals surface area contributed by atoms with Crippen LogP contribution in [-0.2, 0) is 6.42 Å². The molecule has 94 valence electrons. The summed E-state index contributed by atoms with van der Waals surface area (Å²) < 4.78 is 0. The first-order valence-corrected chi connectivity index (χ1v) is 6.59. The maximum absolute atomic E-state index is 4.13. The number of nitrogens with zero attached hydrogens (tertiary/aromatic N) is 1. The van der Waals surface area contributed by atoms with Gasteiger partial charge in [-0.25, -0.2) is 0 Å². The fraction of sp³-hybridized carbons (Fsp3) is 0.294. The predicted octanol–water partition coefficient (Wildman–Crippen LogP) is 4.21. The Hall–Kier alpha value is -1.76. The van der Waals surface area contributed by atoms with E-state index in [1.165, 1.54) is 16.8 Å². The van der Waals surface area contributed by atoms with Crippen molar-refractivity contribution in [2.45, 2.75) is 20.3 Å². The molecule has 0 saturated heterocycles. The van der Waals surface area contributed by atoms with Gasteiger partial charge in [-0.1, -0.05) is 25.3 Å². The molecule has 1 aliphatic rings. The molecule has 1 aromatic carbocycles. The molecule has 0 aromatic heterocycles. The molecule has 1 aliphatic carbocycles. The molecule has 2 rings (SSSR count). The molecule has 1 heteroatoms. The van der Waals surface area contributed by atoms with E-state index in [1.807, 2.05) is 6.08 Å². The van der Waals surface area contributed by atoms with E-state index < -0.39 is 0 Å². The Kier molecular flexibility index (Phi) is 3.71. The number of anilines is 1. The normalized spacial score (nSPS) is 13.9. The highest BCUT2D eigenvalue weighted by Gasteiger charge is 2.13. The Bertz CT molecular complexity index is 504. The molecule has 0 saturated carbocycles. The lowest BCUT2D eigenvalue weighted by Gasteiger charge is -2.24. The highest BCUT2D eigenvalue weighted by Crippen LogP contribution is 2.30. The van der Waals surface area contributed by atoms with Crippen molar-refractivity contribution in [1.82, 2.24) is 0 Å². The second-order valence-electron chi connectivity index (χ2n) is 4.64. The van der Waals surface area contributed by atoms with Crippen molar-refractivity contribution in [2.24, 2.45) is 0 Å². The van der Waals surface area contributed by atoms with Gasteiger partial charge < -0.3 is 4.90 Å². The van der Waals surface area contributed by atoms with Gasteiger partial charge in [0.05, 0.1) is 0 Å². The van der Waals surface area contributed by atoms with E-state index in [0.29, 0.717) is 0 Å². The number of hydrogen-bond acceptors (Lipinski definition) is 1. The number of fused-ring (bicyclic) bond motifs is 1. The molecule has 0 bridgehead atoms. The summed E-state index contributed by atoms with van der Waals surface area (Å²) in [6, 6.07) is 6.71. The van der Waals surface area contributed by atoms with Crippen LogP contribution in [0.3, 0.4) is 0 Å². The molecule has 1 aromatic rings. The minimum absolute atomic E-state index is 0.933. The molecular weight excluding hydrogens is 218 g/mol. The number of hydrogen-bond donors (Lipinski definition) is 0. The van der Waals surface area contributed by atoms with Gasteiger partial charge in [-0.3, -0.25) is 0 Å². The summed E-state index contributed by atoms with van der Waals surface area (Å²) in [6.07, 6.45) is 5.01. The van der Waals surface area contributed by atoms with Crippen LogP contribution in [0.25, 0.3) is 6.08 Å². The van der Waals surface area contributed by atoms with Crippen molar-refractivity contribution in [1.29, 1.82) is 0 Å². The van der Waals surface area contributed by atoms with Crippen molar-refractivity contribution in [3.63, 3.8) is 0 Å². The summed E-state index contributed by atoms with van der Waals surface area (Å²) in [5.41, 5.74) is 6.30. The van der Waals surface area contributed by atoms with E-state index in [9.17, 15) is 0 Å². The van der Waals surface area contributed by atoms with Crippen LogP contribution >= 0.6 is 0 Å². The van der Waals surface area contributed by atoms with Crippen LogP contribution in [0.4, 0.5) is 5.69 Å². The molecule has 0 radical (unpaired) electrons. The SMILES string of the molecule is C=CC1=Cc2ccc(N(CC)CC)cc2CC1=C. The van der Waals surface area contributed by atoms with Crippen LogP contribution in [0.2, 0.25) is 0 Å². The average molecular weight is 239 g/mol. The van der Waals surface area contributed by atoms with Crippen LogP contribution in [-0.4, -0.2) is 13.1 Å². The van der Waals surface area contributed by atoms with Gasteiger partial charge in [0.1, 0.15) is 0 Å². The Morgan fingerprint density at radius 3 is 2.61 bits per heavy atom. The third-order valence-electron chi connectivity index (χ3n) is 3.60. The summed E-state index contributed by atoms with van der Waals surface area (Å²) >= 11 is 0. The van der Waals surface area contributed by atoms with Crippen LogP contribution in [0.1, 0.15) is 25.0 Å². The van der Waals surface area contributed by atoms with Crippen LogP contribution in [0.5, 0.6) is 0 Å². The minimum Gasteiger partial charge on any atom is -0.372 e. The first-order valence-electron chi connectivity index (χ1n) is 6.59. The summed E-state index contributed by atoms with van der Waals surface area (Å²) in [4.78, 5) is 2.37. The smallest absolute Gasteiger partial charge is 0.0369 e. The van der Waals surface area contributed by atoms with Crippen molar-refractivity contribution in [3.05, 3.63) is 59.7 Å². The number of benzene rings is 1. The molecule has 0 atom stereocenters. The zero-order valence-electron chi connectivity index (χ0n) is 11.4. The lowest BCUT2D eigenvalue weighted by atomic mass is 9.88. The highest BCUT2D eigenvalue weighted by atomic mass is 15.1. The fourth-order valence-corrected chi connectivity index (χ4v) is 2.48. The number of rotatable bonds is 4. The minimum atomic E-state index is 0.933. The van der Waals surface area contributed by atoms with Gasteiger partial charge in [0, 0.05) is 18.8 Å². The molecule has 0 fully saturated rings. The molecule has 1 nitrogen and oxygen atoms in total. The molecule has 18 heavy (non-hydrogen) atoms. The van der Waals surface area contributed by atoms with Gasteiger partial charge in [-0.2, -0.15) is 0 Å². The van der Waals surface area contributed by atoms with Crippen LogP contribution in [0.15, 0.2) is 48.6 Å². The largest absolute Gasteiger partial charge is 0.372 e. The summed E-state index contributed by atoms with van der Waals surface area (Å²) in [5.74, 6) is 0. The summed E-state index contributed by atoms with van der Waals surface area (Å²) in [5, 5.41) is 0. The fourth-order valence-electron chi connectivity index (χ4n) is 2.48. The molecule has 0 N–H and O–H groups in total. The highest BCUT2D eigenvalue weighted by molar-refractivity contribution is 5.71. The number of allylic oxidation sites excluding steroid dienone is 3. The Morgan fingerprint density at radius 1 is 1.28 bits per heavy atom. The standard InChI is InChI=1S/C17H21N/c1-5-14-11-15-8-9-17(18(6-2)7-3)12-16(15)10-13(14)4/h5,8-9,11-12H,1,4,6-7,10H2,2-3H3. The van der Waals surface area contributed by atoms with Gasteiger partial charge in [-0.15, -0.1) is 0 Å². The van der Waals surface area contributed by atoms with Gasteiger partial charge in [-0.05, 0) is 60.8 Å². The summed E-state index contributed by atoms with van der Waals surface area (Å²) in [7, 11) is 0. The molecule has 0 aliphatic heterocycles. The Balaban J connectivity index is 2.40. The predicted molar refractivity (Wildman–Crippen MR) is 81.0 cm³/mol. The monoisotopic (exact) mass is 239 g/mol. The van der Waals surface area contributed by atoms with Crippen molar-refractivity contribution >= 4 is 11.8 Å². The third kappa shape index (κ3) is 2.26. The first kappa shape index (κ1) is 12.7. The molecule has 0 heterocycles. The second kappa shape index (κ2) is 5.26. The van der Waals surface area contributed by atoms with Gasteiger partial charge in [0.15, 0.2) is 0 Å². The van der Waals surface area contributed by atoms with E-state index >= 15 is 0 Å². The van der Waals surface area contributed by atoms with Gasteiger partial charge >= 0.3 is 0 Å². The van der Waals surface area contributed by atoms with E-state index in [-0.39, 0.29) is 0 Å². The second-order valence-corrected chi connectivity index (χ2v) is 4.64. The lowest BCUT2D eigenvalue weighted by molar-refractivity contribution is 0.864. The maximum Gasteiger partial charge on any atom is 0.0369 e. The average Bonchev–Trinajstić information content (AvgIpc) is 2.39. The summed E-state index contributed by atoms with van der Waals surface area (Å²) in [6.45, 7) is 14.4. The van der Waals surface area contributed by atoms with Crippen molar-refractivity contribution in [2.75, 3.05) is 18.0 Å². The lowest BCUT2D eigenvalue weighted by Crippen LogP contribution is -2.22. The van der Waals surface area contributed by atoms with E-state index in [4.69, 9.17) is 0 Å². The van der Waals surface area contributed by atoms with E-state index in [0.717, 1.165) is 30.7 Å². The van der Waals surface area contributed by atoms with Gasteiger partial charge in [0.25, 0.3) is 0 Å². The maximum atomic E-state index is 4.13. The van der Waals surface area contributed by atoms with E-state index in [1.54, 1.807) is 0 Å². The van der Waals surface area contributed by atoms with E-state index in [2.05, 4.69) is 56.2 Å². The Morgan fingerprint density at radius 2 is 2.00 bits per heavy atom. The molecule has 0 spiro atoms. The Labute approximate surface area is 110 Å². The van der Waals surface area contributed by atoms with Crippen LogP contribution in [0, 0.1) is 0 Å². The topological polar surface area (TPSA) is 3.24 Å². The first-order chi connectivity index (χ1) is 8.69. The van der Waals surface area contributed by atoms with Gasteiger partial charge in [0.2, 0.25) is 0 Å². The van der Waals surface area contributed by atoms with Crippen LogP contribution < -0.4 is 4.90 Å². The molecule has 0 amide bonds. The third-order valence-corrected chi connectivity index (χ3v) is 3.60. The zero-order chi connectivity index (χ0) is 13.1. The zero-order valence-corrected chi connectivity index (χ0v) is 11.4. The van der Waals surface area contributed by atoms with Crippen molar-refractivity contribution < 1.29 is 0 Å². The molecular formula is C17H21N. The molecule has 0 unspecified atom stereocenters.